The highest BCUT2D eigenvalue weighted by Gasteiger charge is 2.24. The van der Waals surface area contributed by atoms with Gasteiger partial charge in [0.25, 0.3) is 0 Å². The highest BCUT2D eigenvalue weighted by molar-refractivity contribution is 5.15. The van der Waals surface area contributed by atoms with Crippen molar-refractivity contribution in [1.82, 2.24) is 5.32 Å². The SMILES string of the molecule is C[C@H](O)C1C[C@@H](Cc2ccccc2)CCN1. The van der Waals surface area contributed by atoms with Crippen LogP contribution in [0.15, 0.2) is 30.3 Å². The second-order valence-corrected chi connectivity index (χ2v) is 4.88. The monoisotopic (exact) mass is 219 g/mol. The molecule has 1 fully saturated rings. The standard InChI is InChI=1S/C14H21NO/c1-11(16)14-10-13(7-8-15-14)9-12-5-3-2-4-6-12/h2-6,11,13-16H,7-10H2,1H3/t11-,13+,14?/m0/s1. The topological polar surface area (TPSA) is 32.3 Å². The summed E-state index contributed by atoms with van der Waals surface area (Å²) in [5, 5.41) is 13.0. The first-order valence-corrected chi connectivity index (χ1v) is 6.21. The van der Waals surface area contributed by atoms with Crippen LogP contribution < -0.4 is 5.32 Å². The predicted molar refractivity (Wildman–Crippen MR) is 66.3 cm³/mol. The second-order valence-electron chi connectivity index (χ2n) is 4.88. The number of hydrogen-bond acceptors (Lipinski definition) is 2. The average Bonchev–Trinajstić information content (AvgIpc) is 2.30. The highest BCUT2D eigenvalue weighted by atomic mass is 16.3. The minimum atomic E-state index is -0.237. The summed E-state index contributed by atoms with van der Waals surface area (Å²) in [4.78, 5) is 0. The smallest absolute Gasteiger partial charge is 0.0665 e. The van der Waals surface area contributed by atoms with E-state index < -0.39 is 0 Å². The minimum absolute atomic E-state index is 0.237. The zero-order valence-electron chi connectivity index (χ0n) is 9.89. The zero-order valence-corrected chi connectivity index (χ0v) is 9.89. The summed E-state index contributed by atoms with van der Waals surface area (Å²) < 4.78 is 0. The van der Waals surface area contributed by atoms with Gasteiger partial charge in [-0.2, -0.15) is 0 Å². The first-order chi connectivity index (χ1) is 7.75. The summed E-state index contributed by atoms with van der Waals surface area (Å²) in [5.41, 5.74) is 1.42. The lowest BCUT2D eigenvalue weighted by Crippen LogP contribution is -2.45. The van der Waals surface area contributed by atoms with Crippen LogP contribution in [0.5, 0.6) is 0 Å². The van der Waals surface area contributed by atoms with Crippen LogP contribution in [0.25, 0.3) is 0 Å². The van der Waals surface area contributed by atoms with Gasteiger partial charge in [0.05, 0.1) is 6.10 Å². The Kier molecular flexibility index (Phi) is 3.97. The van der Waals surface area contributed by atoms with Crippen molar-refractivity contribution >= 4 is 0 Å². The van der Waals surface area contributed by atoms with E-state index in [4.69, 9.17) is 0 Å². The molecule has 1 aromatic rings. The minimum Gasteiger partial charge on any atom is -0.392 e. The van der Waals surface area contributed by atoms with Crippen LogP contribution >= 0.6 is 0 Å². The average molecular weight is 219 g/mol. The molecule has 1 unspecified atom stereocenters. The maximum atomic E-state index is 9.60. The van der Waals surface area contributed by atoms with E-state index in [1.807, 2.05) is 6.92 Å². The molecular formula is C14H21NO. The predicted octanol–water partition coefficient (Wildman–Crippen LogP) is 1.98. The molecule has 2 heteroatoms. The van der Waals surface area contributed by atoms with Crippen molar-refractivity contribution in [3.05, 3.63) is 35.9 Å². The molecule has 0 bridgehead atoms. The van der Waals surface area contributed by atoms with Gasteiger partial charge in [0.15, 0.2) is 0 Å². The third kappa shape index (κ3) is 3.06. The van der Waals surface area contributed by atoms with Crippen molar-refractivity contribution in [2.75, 3.05) is 6.54 Å². The van der Waals surface area contributed by atoms with E-state index in [-0.39, 0.29) is 12.1 Å². The van der Waals surface area contributed by atoms with Crippen molar-refractivity contribution in [3.8, 4) is 0 Å². The summed E-state index contributed by atoms with van der Waals surface area (Å²) >= 11 is 0. The highest BCUT2D eigenvalue weighted by Crippen LogP contribution is 2.22. The Bertz CT molecular complexity index is 310. The molecule has 1 aromatic carbocycles. The number of aliphatic hydroxyl groups excluding tert-OH is 1. The number of aliphatic hydroxyl groups is 1. The molecule has 88 valence electrons. The number of hydrogen-bond donors (Lipinski definition) is 2. The van der Waals surface area contributed by atoms with Crippen LogP contribution in [0.3, 0.4) is 0 Å². The summed E-state index contributed by atoms with van der Waals surface area (Å²) in [5.74, 6) is 0.711. The molecule has 3 atom stereocenters. The quantitative estimate of drug-likeness (QED) is 0.814. The molecule has 2 N–H and O–H groups in total. The second kappa shape index (κ2) is 5.46. The third-order valence-electron chi connectivity index (χ3n) is 3.50. The van der Waals surface area contributed by atoms with E-state index >= 15 is 0 Å². The van der Waals surface area contributed by atoms with Crippen LogP contribution in [0, 0.1) is 5.92 Å². The molecule has 1 aliphatic heterocycles. The van der Waals surface area contributed by atoms with E-state index in [9.17, 15) is 5.11 Å². The molecular weight excluding hydrogens is 198 g/mol. The van der Waals surface area contributed by atoms with Crippen molar-refractivity contribution < 1.29 is 5.11 Å². The molecule has 0 aromatic heterocycles. The van der Waals surface area contributed by atoms with E-state index in [2.05, 4.69) is 35.6 Å². The summed E-state index contributed by atoms with van der Waals surface area (Å²) in [6, 6.07) is 10.9. The van der Waals surface area contributed by atoms with Gasteiger partial charge in [0.2, 0.25) is 0 Å². The Hall–Kier alpha value is -0.860. The van der Waals surface area contributed by atoms with Gasteiger partial charge in [0, 0.05) is 6.04 Å². The zero-order chi connectivity index (χ0) is 11.4. The molecule has 0 saturated carbocycles. The van der Waals surface area contributed by atoms with E-state index in [1.165, 1.54) is 12.0 Å². The van der Waals surface area contributed by atoms with Crippen LogP contribution in [-0.2, 0) is 6.42 Å². The lowest BCUT2D eigenvalue weighted by atomic mass is 9.86. The van der Waals surface area contributed by atoms with Crippen molar-refractivity contribution in [2.24, 2.45) is 5.92 Å². The Labute approximate surface area is 97.7 Å². The maximum Gasteiger partial charge on any atom is 0.0665 e. The van der Waals surface area contributed by atoms with Gasteiger partial charge in [-0.1, -0.05) is 30.3 Å². The maximum absolute atomic E-state index is 9.60. The van der Waals surface area contributed by atoms with Gasteiger partial charge in [-0.3, -0.25) is 0 Å². The number of nitrogens with one attached hydrogen (secondary N) is 1. The fourth-order valence-corrected chi connectivity index (χ4v) is 2.53. The van der Waals surface area contributed by atoms with Crippen molar-refractivity contribution in [1.29, 1.82) is 0 Å². The molecule has 16 heavy (non-hydrogen) atoms. The van der Waals surface area contributed by atoms with Gasteiger partial charge in [-0.25, -0.2) is 0 Å². The molecule has 2 nitrogen and oxygen atoms in total. The van der Waals surface area contributed by atoms with Crippen molar-refractivity contribution in [2.45, 2.75) is 38.3 Å². The van der Waals surface area contributed by atoms with Crippen LogP contribution in [0.4, 0.5) is 0 Å². The van der Waals surface area contributed by atoms with Gasteiger partial charge < -0.3 is 10.4 Å². The molecule has 0 spiro atoms. The first kappa shape index (κ1) is 11.6. The van der Waals surface area contributed by atoms with Crippen LogP contribution in [0.2, 0.25) is 0 Å². The molecule has 2 rings (SSSR count). The Balaban J connectivity index is 1.90. The summed E-state index contributed by atoms with van der Waals surface area (Å²) in [6.45, 7) is 2.91. The summed E-state index contributed by atoms with van der Waals surface area (Å²) in [6.07, 6.45) is 3.22. The van der Waals surface area contributed by atoms with Gasteiger partial charge in [0.1, 0.15) is 0 Å². The number of rotatable bonds is 3. The molecule has 1 saturated heterocycles. The fraction of sp³-hybridized carbons (Fsp3) is 0.571. The Morgan fingerprint density at radius 2 is 2.12 bits per heavy atom. The fourth-order valence-electron chi connectivity index (χ4n) is 2.53. The third-order valence-corrected chi connectivity index (χ3v) is 3.50. The van der Waals surface area contributed by atoms with E-state index in [1.54, 1.807) is 0 Å². The number of benzene rings is 1. The largest absolute Gasteiger partial charge is 0.392 e. The normalized spacial score (nSPS) is 27.6. The lowest BCUT2D eigenvalue weighted by molar-refractivity contribution is 0.113. The Morgan fingerprint density at radius 3 is 2.81 bits per heavy atom. The van der Waals surface area contributed by atoms with Gasteiger partial charge in [-0.15, -0.1) is 0 Å². The van der Waals surface area contributed by atoms with Crippen LogP contribution in [-0.4, -0.2) is 23.8 Å². The lowest BCUT2D eigenvalue weighted by Gasteiger charge is -2.32. The summed E-state index contributed by atoms with van der Waals surface area (Å²) in [7, 11) is 0. The molecule has 1 heterocycles. The van der Waals surface area contributed by atoms with Gasteiger partial charge in [-0.05, 0) is 44.2 Å². The van der Waals surface area contributed by atoms with E-state index in [0.717, 1.165) is 19.4 Å². The molecule has 0 amide bonds. The molecule has 0 radical (unpaired) electrons. The van der Waals surface area contributed by atoms with Crippen LogP contribution in [0.1, 0.15) is 25.3 Å². The Morgan fingerprint density at radius 1 is 1.38 bits per heavy atom. The van der Waals surface area contributed by atoms with E-state index in [0.29, 0.717) is 5.92 Å². The van der Waals surface area contributed by atoms with Crippen molar-refractivity contribution in [3.63, 3.8) is 0 Å². The number of piperidine rings is 1. The first-order valence-electron chi connectivity index (χ1n) is 6.21. The van der Waals surface area contributed by atoms with Gasteiger partial charge >= 0.3 is 0 Å². The molecule has 0 aliphatic carbocycles. The molecule has 1 aliphatic rings.